The molecule has 1 aromatic rings. The highest BCUT2D eigenvalue weighted by Gasteiger charge is 2.17. The summed E-state index contributed by atoms with van der Waals surface area (Å²) in [5.74, 6) is 0. The third-order valence-corrected chi connectivity index (χ3v) is 3.99. The van der Waals surface area contributed by atoms with Crippen LogP contribution in [0.25, 0.3) is 0 Å². The normalized spacial score (nSPS) is 18.8. The zero-order valence-electron chi connectivity index (χ0n) is 11.2. The van der Waals surface area contributed by atoms with Gasteiger partial charge in [0.2, 0.25) is 0 Å². The third kappa shape index (κ3) is 2.89. The first-order valence-corrected chi connectivity index (χ1v) is 7.21. The van der Waals surface area contributed by atoms with Crippen molar-refractivity contribution < 1.29 is 4.79 Å². The van der Waals surface area contributed by atoms with Crippen LogP contribution in [0.3, 0.4) is 0 Å². The number of fused-ring (bicyclic) bond motifs is 1. The van der Waals surface area contributed by atoms with Crippen LogP contribution in [0.1, 0.15) is 30.4 Å². The standard InChI is InChI=1S/C15H21N3O/c19-15(18-8-2-1-3-9-18)17-14-5-4-12-6-7-16-11-13(12)10-14/h4-5,10,16H,1-3,6-9,11H2,(H,17,19). The number of likely N-dealkylation sites (tertiary alicyclic amines) is 1. The number of benzene rings is 1. The minimum absolute atomic E-state index is 0.0448. The summed E-state index contributed by atoms with van der Waals surface area (Å²) in [6.07, 6.45) is 4.58. The van der Waals surface area contributed by atoms with Crippen LogP contribution in [0.5, 0.6) is 0 Å². The number of hydrogen-bond acceptors (Lipinski definition) is 2. The van der Waals surface area contributed by atoms with Crippen molar-refractivity contribution in [2.24, 2.45) is 0 Å². The van der Waals surface area contributed by atoms with Crippen LogP contribution in [0.2, 0.25) is 0 Å². The third-order valence-electron chi connectivity index (χ3n) is 3.99. The molecular formula is C15H21N3O. The fourth-order valence-corrected chi connectivity index (χ4v) is 2.86. The van der Waals surface area contributed by atoms with Crippen LogP contribution in [-0.4, -0.2) is 30.6 Å². The molecule has 1 aromatic carbocycles. The number of carbonyl (C=O) groups excluding carboxylic acids is 1. The molecule has 0 spiro atoms. The fourth-order valence-electron chi connectivity index (χ4n) is 2.86. The quantitative estimate of drug-likeness (QED) is 0.813. The highest BCUT2D eigenvalue weighted by molar-refractivity contribution is 5.89. The van der Waals surface area contributed by atoms with Crippen molar-refractivity contribution in [1.29, 1.82) is 0 Å². The molecule has 0 radical (unpaired) electrons. The average molecular weight is 259 g/mol. The number of carbonyl (C=O) groups is 1. The van der Waals surface area contributed by atoms with Crippen LogP contribution in [0.15, 0.2) is 18.2 Å². The molecule has 4 nitrogen and oxygen atoms in total. The number of hydrogen-bond donors (Lipinski definition) is 2. The summed E-state index contributed by atoms with van der Waals surface area (Å²) in [4.78, 5) is 14.1. The molecule has 2 heterocycles. The smallest absolute Gasteiger partial charge is 0.321 e. The molecule has 2 amide bonds. The van der Waals surface area contributed by atoms with Crippen molar-refractivity contribution >= 4 is 11.7 Å². The van der Waals surface area contributed by atoms with Crippen LogP contribution in [0, 0.1) is 0 Å². The molecule has 2 aliphatic heterocycles. The first-order chi connectivity index (χ1) is 9.33. The van der Waals surface area contributed by atoms with E-state index in [1.165, 1.54) is 17.5 Å². The SMILES string of the molecule is O=C(Nc1ccc2c(c1)CNCC2)N1CCCCC1. The fraction of sp³-hybridized carbons (Fsp3) is 0.533. The molecule has 0 saturated carbocycles. The van der Waals surface area contributed by atoms with Gasteiger partial charge in [0.25, 0.3) is 0 Å². The maximum absolute atomic E-state index is 12.1. The lowest BCUT2D eigenvalue weighted by Crippen LogP contribution is -2.38. The Morgan fingerprint density at radius 1 is 1.16 bits per heavy atom. The summed E-state index contributed by atoms with van der Waals surface area (Å²) in [5, 5.41) is 6.38. The van der Waals surface area contributed by atoms with E-state index in [1.54, 1.807) is 0 Å². The lowest BCUT2D eigenvalue weighted by atomic mass is 10.0. The maximum atomic E-state index is 12.1. The van der Waals surface area contributed by atoms with Gasteiger partial charge in [-0.05, 0) is 55.5 Å². The number of nitrogens with zero attached hydrogens (tertiary/aromatic N) is 1. The van der Waals surface area contributed by atoms with E-state index in [1.807, 2.05) is 11.0 Å². The second kappa shape index (κ2) is 5.61. The van der Waals surface area contributed by atoms with Gasteiger partial charge in [0.05, 0.1) is 0 Å². The molecule has 0 unspecified atom stereocenters. The Bertz CT molecular complexity index is 466. The summed E-state index contributed by atoms with van der Waals surface area (Å²) < 4.78 is 0. The molecule has 4 heteroatoms. The molecule has 0 aliphatic carbocycles. The minimum Gasteiger partial charge on any atom is -0.325 e. The Hall–Kier alpha value is -1.55. The molecule has 3 rings (SSSR count). The first-order valence-electron chi connectivity index (χ1n) is 7.21. The molecule has 0 aromatic heterocycles. The average Bonchev–Trinajstić information content (AvgIpc) is 2.48. The lowest BCUT2D eigenvalue weighted by Gasteiger charge is -2.27. The van der Waals surface area contributed by atoms with Gasteiger partial charge >= 0.3 is 6.03 Å². The van der Waals surface area contributed by atoms with Gasteiger partial charge in [-0.25, -0.2) is 4.79 Å². The molecular weight excluding hydrogens is 238 g/mol. The largest absolute Gasteiger partial charge is 0.325 e. The van der Waals surface area contributed by atoms with Crippen molar-refractivity contribution in [2.45, 2.75) is 32.2 Å². The topological polar surface area (TPSA) is 44.4 Å². The van der Waals surface area contributed by atoms with Crippen LogP contribution < -0.4 is 10.6 Å². The number of piperidine rings is 1. The van der Waals surface area contributed by atoms with Crippen LogP contribution >= 0.6 is 0 Å². The number of nitrogens with one attached hydrogen (secondary N) is 2. The second-order valence-corrected chi connectivity index (χ2v) is 5.39. The number of anilines is 1. The molecule has 102 valence electrons. The van der Waals surface area contributed by atoms with Gasteiger partial charge in [-0.2, -0.15) is 0 Å². The van der Waals surface area contributed by atoms with E-state index in [4.69, 9.17) is 0 Å². The Kier molecular flexibility index (Phi) is 3.69. The lowest BCUT2D eigenvalue weighted by molar-refractivity contribution is 0.200. The van der Waals surface area contributed by atoms with Crippen molar-refractivity contribution in [3.8, 4) is 0 Å². The molecule has 0 atom stereocenters. The summed E-state index contributed by atoms with van der Waals surface area (Å²) in [6.45, 7) is 3.73. The van der Waals surface area contributed by atoms with Crippen molar-refractivity contribution in [2.75, 3.05) is 25.0 Å². The van der Waals surface area contributed by atoms with E-state index in [9.17, 15) is 4.79 Å². The zero-order valence-corrected chi connectivity index (χ0v) is 11.2. The first kappa shape index (κ1) is 12.5. The molecule has 0 bridgehead atoms. The minimum atomic E-state index is 0.0448. The summed E-state index contributed by atoms with van der Waals surface area (Å²) in [7, 11) is 0. The number of urea groups is 1. The highest BCUT2D eigenvalue weighted by atomic mass is 16.2. The van der Waals surface area contributed by atoms with Gasteiger partial charge < -0.3 is 15.5 Å². The second-order valence-electron chi connectivity index (χ2n) is 5.39. The molecule has 19 heavy (non-hydrogen) atoms. The van der Waals surface area contributed by atoms with Gasteiger partial charge in [0.15, 0.2) is 0 Å². The van der Waals surface area contributed by atoms with Gasteiger partial charge in [-0.15, -0.1) is 0 Å². The summed E-state index contributed by atoms with van der Waals surface area (Å²) >= 11 is 0. The number of amides is 2. The van der Waals surface area contributed by atoms with Gasteiger partial charge in [-0.1, -0.05) is 6.07 Å². The van der Waals surface area contributed by atoms with Gasteiger partial charge in [0, 0.05) is 25.3 Å². The van der Waals surface area contributed by atoms with E-state index in [-0.39, 0.29) is 6.03 Å². The Morgan fingerprint density at radius 3 is 2.84 bits per heavy atom. The highest BCUT2D eigenvalue weighted by Crippen LogP contribution is 2.19. The zero-order chi connectivity index (χ0) is 13.1. The monoisotopic (exact) mass is 259 g/mol. The van der Waals surface area contributed by atoms with E-state index in [2.05, 4.69) is 22.8 Å². The molecule has 2 aliphatic rings. The Balaban J connectivity index is 1.67. The van der Waals surface area contributed by atoms with E-state index in [0.29, 0.717) is 0 Å². The molecule has 1 fully saturated rings. The Labute approximate surface area is 114 Å². The van der Waals surface area contributed by atoms with Crippen molar-refractivity contribution in [3.63, 3.8) is 0 Å². The van der Waals surface area contributed by atoms with E-state index >= 15 is 0 Å². The Morgan fingerprint density at radius 2 is 2.00 bits per heavy atom. The molecule has 2 N–H and O–H groups in total. The maximum Gasteiger partial charge on any atom is 0.321 e. The van der Waals surface area contributed by atoms with Crippen LogP contribution in [0.4, 0.5) is 10.5 Å². The molecule has 1 saturated heterocycles. The van der Waals surface area contributed by atoms with Gasteiger partial charge in [0.1, 0.15) is 0 Å². The predicted octanol–water partition coefficient (Wildman–Crippen LogP) is 2.35. The number of rotatable bonds is 1. The van der Waals surface area contributed by atoms with E-state index in [0.717, 1.165) is 51.1 Å². The van der Waals surface area contributed by atoms with Crippen molar-refractivity contribution in [1.82, 2.24) is 10.2 Å². The van der Waals surface area contributed by atoms with Crippen molar-refractivity contribution in [3.05, 3.63) is 29.3 Å². The van der Waals surface area contributed by atoms with E-state index < -0.39 is 0 Å². The predicted molar refractivity (Wildman–Crippen MR) is 76.3 cm³/mol. The van der Waals surface area contributed by atoms with Crippen LogP contribution in [-0.2, 0) is 13.0 Å². The summed E-state index contributed by atoms with van der Waals surface area (Å²) in [5.41, 5.74) is 3.62. The van der Waals surface area contributed by atoms with Gasteiger partial charge in [-0.3, -0.25) is 0 Å². The summed E-state index contributed by atoms with van der Waals surface area (Å²) in [6, 6.07) is 6.31.